The van der Waals surface area contributed by atoms with E-state index in [0.717, 1.165) is 0 Å². The summed E-state index contributed by atoms with van der Waals surface area (Å²) in [5.74, 6) is 0. The predicted molar refractivity (Wildman–Crippen MR) is 65.6 cm³/mol. The summed E-state index contributed by atoms with van der Waals surface area (Å²) in [5.41, 5.74) is 8.06. The van der Waals surface area contributed by atoms with E-state index in [2.05, 4.69) is 35.8 Å². The Bertz CT molecular complexity index is 322. The van der Waals surface area contributed by atoms with Crippen LogP contribution in [0.15, 0.2) is 9.85 Å². The fraction of sp³-hybridized carbons (Fsp3) is 0.636. The first-order valence-corrected chi connectivity index (χ1v) is 6.71. The molecular formula is C11H16BrNS. The van der Waals surface area contributed by atoms with Gasteiger partial charge in [0, 0.05) is 10.9 Å². The number of hydrogen-bond donors (Lipinski definition) is 1. The molecule has 2 rings (SSSR count). The Kier molecular flexibility index (Phi) is 2.75. The zero-order valence-electron chi connectivity index (χ0n) is 8.64. The molecule has 1 fully saturated rings. The van der Waals surface area contributed by atoms with E-state index in [-0.39, 0.29) is 6.04 Å². The Labute approximate surface area is 97.8 Å². The molecule has 14 heavy (non-hydrogen) atoms. The number of aryl methyl sites for hydroxylation is 1. The Hall–Kier alpha value is 0.140. The molecule has 1 aromatic heterocycles. The third kappa shape index (κ3) is 1.66. The van der Waals surface area contributed by atoms with Gasteiger partial charge in [-0.2, -0.15) is 0 Å². The molecule has 0 aliphatic heterocycles. The first kappa shape index (κ1) is 10.7. The van der Waals surface area contributed by atoms with Crippen molar-refractivity contribution >= 4 is 27.3 Å². The fourth-order valence-corrected chi connectivity index (χ4v) is 3.70. The van der Waals surface area contributed by atoms with Gasteiger partial charge in [-0.25, -0.2) is 0 Å². The third-order valence-corrected chi connectivity index (χ3v) is 5.66. The highest BCUT2D eigenvalue weighted by Crippen LogP contribution is 2.57. The second-order valence-electron chi connectivity index (χ2n) is 4.30. The molecule has 1 saturated carbocycles. The molecule has 1 aliphatic carbocycles. The van der Waals surface area contributed by atoms with Crippen LogP contribution in [0.3, 0.4) is 0 Å². The normalized spacial score (nSPS) is 20.9. The first-order chi connectivity index (χ1) is 6.59. The minimum Gasteiger partial charge on any atom is -0.323 e. The van der Waals surface area contributed by atoms with Gasteiger partial charge in [0.1, 0.15) is 0 Å². The van der Waals surface area contributed by atoms with Crippen molar-refractivity contribution in [3.8, 4) is 0 Å². The summed E-state index contributed by atoms with van der Waals surface area (Å²) >= 11 is 5.35. The summed E-state index contributed by atoms with van der Waals surface area (Å²) < 4.78 is 1.23. The highest BCUT2D eigenvalue weighted by molar-refractivity contribution is 9.11. The van der Waals surface area contributed by atoms with Crippen LogP contribution in [0.1, 0.15) is 42.7 Å². The zero-order chi connectivity index (χ0) is 10.3. The second kappa shape index (κ2) is 3.62. The molecule has 2 N–H and O–H groups in total. The van der Waals surface area contributed by atoms with E-state index < -0.39 is 0 Å². The predicted octanol–water partition coefficient (Wildman–Crippen LogP) is 4.01. The van der Waals surface area contributed by atoms with E-state index >= 15 is 0 Å². The molecular weight excluding hydrogens is 258 g/mol. The van der Waals surface area contributed by atoms with Gasteiger partial charge in [0.25, 0.3) is 0 Å². The molecule has 0 aromatic carbocycles. The summed E-state index contributed by atoms with van der Waals surface area (Å²) in [5, 5.41) is 0. The molecule has 0 bridgehead atoms. The van der Waals surface area contributed by atoms with Gasteiger partial charge in [0.15, 0.2) is 0 Å². The summed E-state index contributed by atoms with van der Waals surface area (Å²) in [6, 6.07) is 2.48. The van der Waals surface area contributed by atoms with Crippen LogP contribution in [0.4, 0.5) is 0 Å². The van der Waals surface area contributed by atoms with Crippen LogP contribution in [-0.2, 0) is 0 Å². The number of halogens is 1. The van der Waals surface area contributed by atoms with Crippen LogP contribution >= 0.6 is 27.3 Å². The number of rotatable bonds is 3. The molecule has 3 heteroatoms. The van der Waals surface area contributed by atoms with Crippen LogP contribution in [-0.4, -0.2) is 0 Å². The lowest BCUT2D eigenvalue weighted by atomic mass is 9.93. The van der Waals surface area contributed by atoms with E-state index in [0.29, 0.717) is 5.41 Å². The van der Waals surface area contributed by atoms with Gasteiger partial charge in [-0.1, -0.05) is 6.92 Å². The quantitative estimate of drug-likeness (QED) is 0.885. The third-order valence-electron chi connectivity index (χ3n) is 3.44. The topological polar surface area (TPSA) is 26.0 Å². The van der Waals surface area contributed by atoms with Crippen molar-refractivity contribution in [1.82, 2.24) is 0 Å². The Balaban J connectivity index is 2.23. The molecule has 78 valence electrons. The lowest BCUT2D eigenvalue weighted by Gasteiger charge is -2.20. The van der Waals surface area contributed by atoms with Crippen molar-refractivity contribution in [2.75, 3.05) is 0 Å². The maximum absolute atomic E-state index is 6.32. The lowest BCUT2D eigenvalue weighted by molar-refractivity contribution is 0.399. The summed E-state index contributed by atoms with van der Waals surface area (Å²) in [4.78, 5) is 1.34. The molecule has 0 spiro atoms. The molecule has 0 amide bonds. The zero-order valence-corrected chi connectivity index (χ0v) is 11.0. The van der Waals surface area contributed by atoms with Gasteiger partial charge >= 0.3 is 0 Å². The molecule has 1 heterocycles. The van der Waals surface area contributed by atoms with Gasteiger partial charge in [0.05, 0.1) is 3.79 Å². The molecule has 0 saturated heterocycles. The highest BCUT2D eigenvalue weighted by atomic mass is 79.9. The molecule has 1 unspecified atom stereocenters. The summed E-state index contributed by atoms with van der Waals surface area (Å²) in [7, 11) is 0. The van der Waals surface area contributed by atoms with Gasteiger partial charge in [-0.3, -0.25) is 0 Å². The minimum atomic E-state index is 0.252. The van der Waals surface area contributed by atoms with Gasteiger partial charge in [0.2, 0.25) is 0 Å². The maximum Gasteiger partial charge on any atom is 0.0731 e. The fourth-order valence-electron chi connectivity index (χ4n) is 1.98. The molecule has 1 aliphatic rings. The van der Waals surface area contributed by atoms with Gasteiger partial charge in [-0.15, -0.1) is 11.3 Å². The van der Waals surface area contributed by atoms with E-state index in [1.165, 1.54) is 33.5 Å². The Morgan fingerprint density at radius 3 is 2.64 bits per heavy atom. The number of thiophene rings is 1. The summed E-state index contributed by atoms with van der Waals surface area (Å²) in [6.07, 6.45) is 3.82. The molecule has 1 aromatic rings. The minimum absolute atomic E-state index is 0.252. The second-order valence-corrected chi connectivity index (χ2v) is 6.70. The summed E-state index contributed by atoms with van der Waals surface area (Å²) in [6.45, 7) is 4.38. The van der Waals surface area contributed by atoms with Crippen molar-refractivity contribution in [1.29, 1.82) is 0 Å². The average molecular weight is 274 g/mol. The van der Waals surface area contributed by atoms with Crippen LogP contribution in [0.2, 0.25) is 0 Å². The van der Waals surface area contributed by atoms with Gasteiger partial charge < -0.3 is 5.73 Å². The van der Waals surface area contributed by atoms with Gasteiger partial charge in [-0.05, 0) is 59.2 Å². The SMILES string of the molecule is CCC1(C(N)c2cc(C)c(Br)s2)CC1. The molecule has 0 radical (unpaired) electrons. The number of nitrogens with two attached hydrogens (primary N) is 1. The monoisotopic (exact) mass is 273 g/mol. The number of hydrogen-bond acceptors (Lipinski definition) is 2. The molecule has 1 nitrogen and oxygen atoms in total. The molecule has 1 atom stereocenters. The van der Waals surface area contributed by atoms with Crippen molar-refractivity contribution < 1.29 is 0 Å². The smallest absolute Gasteiger partial charge is 0.0731 e. The highest BCUT2D eigenvalue weighted by Gasteiger charge is 2.47. The van der Waals surface area contributed by atoms with Crippen LogP contribution in [0, 0.1) is 12.3 Å². The maximum atomic E-state index is 6.32. The first-order valence-electron chi connectivity index (χ1n) is 5.10. The van der Waals surface area contributed by atoms with E-state index in [9.17, 15) is 0 Å². The van der Waals surface area contributed by atoms with Crippen LogP contribution in [0.25, 0.3) is 0 Å². The standard InChI is InChI=1S/C11H16BrNS/c1-3-11(4-5-11)9(13)8-6-7(2)10(12)14-8/h6,9H,3-5,13H2,1-2H3. The van der Waals surface area contributed by atoms with Crippen molar-refractivity contribution in [3.63, 3.8) is 0 Å². The Morgan fingerprint density at radius 2 is 2.29 bits per heavy atom. The lowest BCUT2D eigenvalue weighted by Crippen LogP contribution is -2.20. The largest absolute Gasteiger partial charge is 0.323 e. The van der Waals surface area contributed by atoms with E-state index in [1.807, 2.05) is 0 Å². The van der Waals surface area contributed by atoms with E-state index in [1.54, 1.807) is 11.3 Å². The average Bonchev–Trinajstić information content (AvgIpc) is 2.90. The van der Waals surface area contributed by atoms with Crippen molar-refractivity contribution in [2.24, 2.45) is 11.1 Å². The van der Waals surface area contributed by atoms with E-state index in [4.69, 9.17) is 5.73 Å². The van der Waals surface area contributed by atoms with Crippen LogP contribution < -0.4 is 5.73 Å². The van der Waals surface area contributed by atoms with Crippen molar-refractivity contribution in [3.05, 3.63) is 20.3 Å². The Morgan fingerprint density at radius 1 is 1.64 bits per heavy atom. The van der Waals surface area contributed by atoms with Crippen molar-refractivity contribution in [2.45, 2.75) is 39.2 Å². The van der Waals surface area contributed by atoms with Crippen LogP contribution in [0.5, 0.6) is 0 Å².